The highest BCUT2D eigenvalue weighted by Gasteiger charge is 2.18. The number of hydrogen-bond acceptors (Lipinski definition) is 3. The van der Waals surface area contributed by atoms with E-state index in [4.69, 9.17) is 0 Å². The lowest BCUT2D eigenvalue weighted by Crippen LogP contribution is -1.99. The number of hydrogen-bond donors (Lipinski definition) is 1. The Morgan fingerprint density at radius 2 is 2.06 bits per heavy atom. The van der Waals surface area contributed by atoms with E-state index in [0.29, 0.717) is 0 Å². The standard InChI is InChI=1S/C14H15NO2S/c1-4-11-15-12(14(16)17)13(18-11)10-6-5-8(2)9(3)7-10/h5-7H,4H2,1-3H3,(H,16,17). The first-order valence-electron chi connectivity index (χ1n) is 5.83. The van der Waals surface area contributed by atoms with Crippen molar-refractivity contribution in [3.63, 3.8) is 0 Å². The minimum Gasteiger partial charge on any atom is -0.476 e. The second-order valence-electron chi connectivity index (χ2n) is 4.24. The zero-order chi connectivity index (χ0) is 13.3. The van der Waals surface area contributed by atoms with Crippen LogP contribution in [0.25, 0.3) is 10.4 Å². The summed E-state index contributed by atoms with van der Waals surface area (Å²) in [5, 5.41) is 10.1. The molecule has 2 rings (SSSR count). The van der Waals surface area contributed by atoms with Crippen molar-refractivity contribution >= 4 is 17.3 Å². The number of benzene rings is 1. The second-order valence-corrected chi connectivity index (χ2v) is 5.33. The fourth-order valence-corrected chi connectivity index (χ4v) is 2.73. The van der Waals surface area contributed by atoms with Crippen LogP contribution in [0.3, 0.4) is 0 Å². The van der Waals surface area contributed by atoms with Crippen LogP contribution in [-0.4, -0.2) is 16.1 Å². The first-order valence-corrected chi connectivity index (χ1v) is 6.65. The van der Waals surface area contributed by atoms with Crippen LogP contribution in [0.15, 0.2) is 18.2 Å². The van der Waals surface area contributed by atoms with Gasteiger partial charge in [0.2, 0.25) is 0 Å². The molecule has 0 aliphatic carbocycles. The Hall–Kier alpha value is -1.68. The minimum absolute atomic E-state index is 0.167. The van der Waals surface area contributed by atoms with Gasteiger partial charge in [-0.3, -0.25) is 0 Å². The highest BCUT2D eigenvalue weighted by molar-refractivity contribution is 7.15. The predicted molar refractivity (Wildman–Crippen MR) is 73.4 cm³/mol. The minimum atomic E-state index is -0.959. The van der Waals surface area contributed by atoms with Crippen molar-refractivity contribution in [2.24, 2.45) is 0 Å². The van der Waals surface area contributed by atoms with E-state index >= 15 is 0 Å². The van der Waals surface area contributed by atoms with Gasteiger partial charge in [0.15, 0.2) is 5.69 Å². The summed E-state index contributed by atoms with van der Waals surface area (Å²) in [5.41, 5.74) is 3.47. The van der Waals surface area contributed by atoms with E-state index in [1.807, 2.05) is 39.0 Å². The normalized spacial score (nSPS) is 10.6. The van der Waals surface area contributed by atoms with Gasteiger partial charge < -0.3 is 5.11 Å². The van der Waals surface area contributed by atoms with Gasteiger partial charge in [-0.15, -0.1) is 11.3 Å². The van der Waals surface area contributed by atoms with E-state index in [0.717, 1.165) is 27.4 Å². The molecule has 0 aliphatic heterocycles. The largest absolute Gasteiger partial charge is 0.476 e. The first kappa shape index (κ1) is 12.8. The second kappa shape index (κ2) is 4.90. The van der Waals surface area contributed by atoms with Gasteiger partial charge >= 0.3 is 5.97 Å². The predicted octanol–water partition coefficient (Wildman–Crippen LogP) is 3.69. The van der Waals surface area contributed by atoms with Crippen LogP contribution in [-0.2, 0) is 6.42 Å². The molecule has 1 aromatic heterocycles. The van der Waals surface area contributed by atoms with Crippen LogP contribution in [0.5, 0.6) is 0 Å². The van der Waals surface area contributed by atoms with E-state index in [1.54, 1.807) is 0 Å². The van der Waals surface area contributed by atoms with Crippen LogP contribution >= 0.6 is 11.3 Å². The van der Waals surface area contributed by atoms with Gasteiger partial charge in [0.05, 0.1) is 9.88 Å². The fraction of sp³-hybridized carbons (Fsp3) is 0.286. The van der Waals surface area contributed by atoms with Crippen molar-refractivity contribution in [3.05, 3.63) is 40.0 Å². The summed E-state index contributed by atoms with van der Waals surface area (Å²) in [5.74, 6) is -0.959. The van der Waals surface area contributed by atoms with E-state index in [-0.39, 0.29) is 5.69 Å². The number of thiazole rings is 1. The maximum absolute atomic E-state index is 11.2. The molecule has 4 heteroatoms. The summed E-state index contributed by atoms with van der Waals surface area (Å²) < 4.78 is 0. The molecule has 18 heavy (non-hydrogen) atoms. The summed E-state index contributed by atoms with van der Waals surface area (Å²) in [7, 11) is 0. The van der Waals surface area contributed by atoms with Crippen molar-refractivity contribution in [2.45, 2.75) is 27.2 Å². The molecule has 0 fully saturated rings. The molecule has 1 N–H and O–H groups in total. The summed E-state index contributed by atoms with van der Waals surface area (Å²) >= 11 is 1.46. The quantitative estimate of drug-likeness (QED) is 0.916. The Bertz CT molecular complexity index is 602. The number of rotatable bonds is 3. The molecule has 0 saturated heterocycles. The monoisotopic (exact) mass is 261 g/mol. The average molecular weight is 261 g/mol. The van der Waals surface area contributed by atoms with Gasteiger partial charge in [-0.1, -0.05) is 25.1 Å². The molecule has 0 spiro atoms. The lowest BCUT2D eigenvalue weighted by molar-refractivity contribution is 0.0692. The highest BCUT2D eigenvalue weighted by Crippen LogP contribution is 2.31. The van der Waals surface area contributed by atoms with Gasteiger partial charge in [0.1, 0.15) is 0 Å². The molecule has 0 bridgehead atoms. The topological polar surface area (TPSA) is 50.2 Å². The molecule has 1 aromatic carbocycles. The van der Waals surface area contributed by atoms with Crippen LogP contribution in [0.1, 0.15) is 33.5 Å². The number of nitrogens with zero attached hydrogens (tertiary/aromatic N) is 1. The molecule has 1 heterocycles. The van der Waals surface area contributed by atoms with Gasteiger partial charge in [-0.05, 0) is 37.0 Å². The summed E-state index contributed by atoms with van der Waals surface area (Å²) in [6.45, 7) is 6.05. The summed E-state index contributed by atoms with van der Waals surface area (Å²) in [4.78, 5) is 16.1. The number of aromatic nitrogens is 1. The zero-order valence-electron chi connectivity index (χ0n) is 10.7. The van der Waals surface area contributed by atoms with Crippen molar-refractivity contribution in [1.29, 1.82) is 0 Å². The summed E-state index contributed by atoms with van der Waals surface area (Å²) in [6, 6.07) is 6.00. The Balaban J connectivity index is 2.58. The van der Waals surface area contributed by atoms with Crippen LogP contribution in [0, 0.1) is 13.8 Å². The molecule has 0 atom stereocenters. The number of aryl methyl sites for hydroxylation is 3. The molecular formula is C14H15NO2S. The van der Waals surface area contributed by atoms with Crippen molar-refractivity contribution < 1.29 is 9.90 Å². The van der Waals surface area contributed by atoms with Gasteiger partial charge in [0, 0.05) is 0 Å². The van der Waals surface area contributed by atoms with E-state index in [1.165, 1.54) is 16.9 Å². The molecule has 0 saturated carbocycles. The SMILES string of the molecule is CCc1nc(C(=O)O)c(-c2ccc(C)c(C)c2)s1. The van der Waals surface area contributed by atoms with Crippen molar-refractivity contribution in [1.82, 2.24) is 4.98 Å². The van der Waals surface area contributed by atoms with Gasteiger partial charge in [-0.25, -0.2) is 9.78 Å². The molecule has 0 unspecified atom stereocenters. The Morgan fingerprint density at radius 3 is 2.61 bits per heavy atom. The van der Waals surface area contributed by atoms with E-state index in [9.17, 15) is 9.90 Å². The fourth-order valence-electron chi connectivity index (χ4n) is 1.74. The van der Waals surface area contributed by atoms with Crippen LogP contribution in [0.2, 0.25) is 0 Å². The van der Waals surface area contributed by atoms with Crippen molar-refractivity contribution in [3.8, 4) is 10.4 Å². The lowest BCUT2D eigenvalue weighted by atomic mass is 10.0. The molecule has 0 amide bonds. The molecule has 3 nitrogen and oxygen atoms in total. The van der Waals surface area contributed by atoms with Crippen LogP contribution in [0.4, 0.5) is 0 Å². The lowest BCUT2D eigenvalue weighted by Gasteiger charge is -2.03. The average Bonchev–Trinajstić information content (AvgIpc) is 2.77. The Kier molecular flexibility index (Phi) is 3.48. The molecule has 0 aliphatic rings. The number of carboxylic acids is 1. The number of carboxylic acid groups (broad SMARTS) is 1. The third-order valence-corrected chi connectivity index (χ3v) is 4.19. The molecular weight excluding hydrogens is 246 g/mol. The zero-order valence-corrected chi connectivity index (χ0v) is 11.5. The van der Waals surface area contributed by atoms with Gasteiger partial charge in [0.25, 0.3) is 0 Å². The maximum Gasteiger partial charge on any atom is 0.356 e. The smallest absolute Gasteiger partial charge is 0.356 e. The van der Waals surface area contributed by atoms with E-state index in [2.05, 4.69) is 4.98 Å². The molecule has 2 aromatic rings. The summed E-state index contributed by atoms with van der Waals surface area (Å²) in [6.07, 6.45) is 0.760. The third-order valence-electron chi connectivity index (χ3n) is 2.95. The highest BCUT2D eigenvalue weighted by atomic mass is 32.1. The van der Waals surface area contributed by atoms with Crippen LogP contribution < -0.4 is 0 Å². The maximum atomic E-state index is 11.2. The Morgan fingerprint density at radius 1 is 1.33 bits per heavy atom. The third kappa shape index (κ3) is 2.29. The van der Waals surface area contributed by atoms with Gasteiger partial charge in [-0.2, -0.15) is 0 Å². The van der Waals surface area contributed by atoms with Crippen molar-refractivity contribution in [2.75, 3.05) is 0 Å². The molecule has 94 valence electrons. The first-order chi connectivity index (χ1) is 8.52. The van der Waals surface area contributed by atoms with E-state index < -0.39 is 5.97 Å². The number of aromatic carboxylic acids is 1. The number of carbonyl (C=O) groups is 1. The Labute approximate surface area is 110 Å². The molecule has 0 radical (unpaired) electrons.